The number of nitrogens with zero attached hydrogens (tertiary/aromatic N) is 1. The van der Waals surface area contributed by atoms with Crippen LogP contribution in [0.2, 0.25) is 0 Å². The van der Waals surface area contributed by atoms with Crippen LogP contribution >= 0.6 is 0 Å². The van der Waals surface area contributed by atoms with Gasteiger partial charge in [-0.3, -0.25) is 4.98 Å². The van der Waals surface area contributed by atoms with Crippen molar-refractivity contribution in [2.45, 2.75) is 26.7 Å². The SMILES string of the molecule is Cc1nc2ccccc2c(NCC2CCS(=O)(=O)CC2)c1C. The standard InChI is InChI=1S/C17H22N2O2S/c1-12-13(2)19-16-6-4-3-5-15(16)17(12)18-11-14-7-9-22(20,21)10-8-14/h3-6,14H,7-11H2,1-2H3,(H,18,19). The van der Waals surface area contributed by atoms with E-state index in [1.165, 1.54) is 5.56 Å². The van der Waals surface area contributed by atoms with E-state index in [0.29, 0.717) is 17.4 Å². The van der Waals surface area contributed by atoms with Crippen LogP contribution in [0, 0.1) is 19.8 Å². The zero-order chi connectivity index (χ0) is 15.7. The summed E-state index contributed by atoms with van der Waals surface area (Å²) in [5, 5.41) is 4.69. The molecule has 3 rings (SSSR count). The molecule has 1 aromatic carbocycles. The minimum Gasteiger partial charge on any atom is -0.384 e. The molecule has 1 aliphatic heterocycles. The van der Waals surface area contributed by atoms with Gasteiger partial charge in [-0.2, -0.15) is 0 Å². The summed E-state index contributed by atoms with van der Waals surface area (Å²) in [4.78, 5) is 4.63. The monoisotopic (exact) mass is 318 g/mol. The van der Waals surface area contributed by atoms with Gasteiger partial charge in [-0.05, 0) is 44.2 Å². The second kappa shape index (κ2) is 5.88. The quantitative estimate of drug-likeness (QED) is 0.945. The summed E-state index contributed by atoms with van der Waals surface area (Å²) in [7, 11) is -2.79. The summed E-state index contributed by atoms with van der Waals surface area (Å²) >= 11 is 0. The Morgan fingerprint density at radius 3 is 2.59 bits per heavy atom. The Labute approximate surface area is 131 Å². The van der Waals surface area contributed by atoms with Gasteiger partial charge in [0.05, 0.1) is 17.0 Å². The second-order valence-corrected chi connectivity index (χ2v) is 8.49. The highest BCUT2D eigenvalue weighted by Gasteiger charge is 2.23. The molecule has 5 heteroatoms. The summed E-state index contributed by atoms with van der Waals surface area (Å²) < 4.78 is 23.0. The molecule has 22 heavy (non-hydrogen) atoms. The van der Waals surface area contributed by atoms with Crippen molar-refractivity contribution < 1.29 is 8.42 Å². The Hall–Kier alpha value is -1.62. The predicted molar refractivity (Wildman–Crippen MR) is 91.1 cm³/mol. The van der Waals surface area contributed by atoms with E-state index in [9.17, 15) is 8.42 Å². The minimum absolute atomic E-state index is 0.328. The van der Waals surface area contributed by atoms with Crippen LogP contribution in [0.25, 0.3) is 10.9 Å². The van der Waals surface area contributed by atoms with Gasteiger partial charge in [-0.25, -0.2) is 8.42 Å². The molecule has 4 nitrogen and oxygen atoms in total. The van der Waals surface area contributed by atoms with Gasteiger partial charge in [0.15, 0.2) is 0 Å². The number of rotatable bonds is 3. The van der Waals surface area contributed by atoms with Crippen LogP contribution in [-0.4, -0.2) is 31.5 Å². The molecule has 1 aliphatic rings. The fourth-order valence-corrected chi connectivity index (χ4v) is 4.64. The lowest BCUT2D eigenvalue weighted by Gasteiger charge is -2.24. The molecule has 2 aromatic rings. The Balaban J connectivity index is 1.81. The van der Waals surface area contributed by atoms with Crippen molar-refractivity contribution in [2.24, 2.45) is 5.92 Å². The molecular formula is C17H22N2O2S. The zero-order valence-corrected chi connectivity index (χ0v) is 13.9. The molecule has 1 fully saturated rings. The van der Waals surface area contributed by atoms with E-state index in [2.05, 4.69) is 23.3 Å². The number of nitrogens with one attached hydrogen (secondary N) is 1. The highest BCUT2D eigenvalue weighted by atomic mass is 32.2. The van der Waals surface area contributed by atoms with Gasteiger partial charge in [0.25, 0.3) is 0 Å². The molecule has 1 N–H and O–H groups in total. The number of pyridine rings is 1. The van der Waals surface area contributed by atoms with Gasteiger partial charge >= 0.3 is 0 Å². The number of anilines is 1. The Morgan fingerprint density at radius 2 is 1.86 bits per heavy atom. The van der Waals surface area contributed by atoms with Crippen LogP contribution in [0.1, 0.15) is 24.1 Å². The molecule has 1 saturated heterocycles. The van der Waals surface area contributed by atoms with Gasteiger partial charge in [0.2, 0.25) is 0 Å². The van der Waals surface area contributed by atoms with Gasteiger partial charge in [-0.1, -0.05) is 18.2 Å². The fourth-order valence-electron chi connectivity index (χ4n) is 3.05. The maximum absolute atomic E-state index is 11.5. The third-order valence-electron chi connectivity index (χ3n) is 4.62. The Bertz CT molecular complexity index is 786. The maximum Gasteiger partial charge on any atom is 0.150 e. The van der Waals surface area contributed by atoms with Crippen LogP contribution in [-0.2, 0) is 9.84 Å². The number of hydrogen-bond acceptors (Lipinski definition) is 4. The molecule has 0 radical (unpaired) electrons. The molecule has 0 unspecified atom stereocenters. The first-order valence-electron chi connectivity index (χ1n) is 7.76. The number of hydrogen-bond donors (Lipinski definition) is 1. The third kappa shape index (κ3) is 3.09. The van der Waals surface area contributed by atoms with E-state index in [1.807, 2.05) is 25.1 Å². The average Bonchev–Trinajstić information content (AvgIpc) is 2.49. The molecule has 0 spiro atoms. The lowest BCUT2D eigenvalue weighted by molar-refractivity contribution is 0.484. The Morgan fingerprint density at radius 1 is 1.18 bits per heavy atom. The number of para-hydroxylation sites is 1. The predicted octanol–water partition coefficient (Wildman–Crippen LogP) is 3.09. The lowest BCUT2D eigenvalue weighted by atomic mass is 10.0. The third-order valence-corrected chi connectivity index (χ3v) is 6.34. The number of aryl methyl sites for hydroxylation is 1. The lowest BCUT2D eigenvalue weighted by Crippen LogP contribution is -2.27. The molecule has 0 aliphatic carbocycles. The van der Waals surface area contributed by atoms with E-state index in [4.69, 9.17) is 0 Å². The first-order valence-corrected chi connectivity index (χ1v) is 9.58. The van der Waals surface area contributed by atoms with Crippen LogP contribution in [0.3, 0.4) is 0 Å². The van der Waals surface area contributed by atoms with Crippen molar-refractivity contribution >= 4 is 26.4 Å². The van der Waals surface area contributed by atoms with Crippen molar-refractivity contribution in [2.75, 3.05) is 23.4 Å². The summed E-state index contributed by atoms with van der Waals surface area (Å²) in [6, 6.07) is 8.14. The summed E-state index contributed by atoms with van der Waals surface area (Å²) in [5.74, 6) is 1.08. The average molecular weight is 318 g/mol. The van der Waals surface area contributed by atoms with Gasteiger partial charge < -0.3 is 5.32 Å². The van der Waals surface area contributed by atoms with E-state index < -0.39 is 9.84 Å². The number of benzene rings is 1. The molecule has 2 heterocycles. The van der Waals surface area contributed by atoms with Crippen LogP contribution in [0.15, 0.2) is 24.3 Å². The summed E-state index contributed by atoms with van der Waals surface area (Å²) in [6.07, 6.45) is 1.52. The van der Waals surface area contributed by atoms with E-state index in [-0.39, 0.29) is 0 Å². The van der Waals surface area contributed by atoms with Gasteiger partial charge in [0.1, 0.15) is 9.84 Å². The van der Waals surface area contributed by atoms with Crippen LogP contribution in [0.4, 0.5) is 5.69 Å². The van der Waals surface area contributed by atoms with E-state index in [1.54, 1.807) is 0 Å². The number of sulfone groups is 1. The molecule has 0 atom stereocenters. The van der Waals surface area contributed by atoms with Crippen molar-refractivity contribution in [1.82, 2.24) is 4.98 Å². The summed E-state index contributed by atoms with van der Waals surface area (Å²) in [5.41, 5.74) is 4.34. The van der Waals surface area contributed by atoms with E-state index >= 15 is 0 Å². The highest BCUT2D eigenvalue weighted by molar-refractivity contribution is 7.91. The van der Waals surface area contributed by atoms with E-state index in [0.717, 1.165) is 41.7 Å². The molecule has 1 aromatic heterocycles. The highest BCUT2D eigenvalue weighted by Crippen LogP contribution is 2.29. The van der Waals surface area contributed by atoms with Crippen LogP contribution < -0.4 is 5.32 Å². The topological polar surface area (TPSA) is 59.1 Å². The molecule has 0 bridgehead atoms. The number of aromatic nitrogens is 1. The van der Waals surface area contributed by atoms with Gasteiger partial charge in [-0.15, -0.1) is 0 Å². The normalized spacial score (nSPS) is 18.5. The first-order chi connectivity index (χ1) is 10.5. The molecule has 0 amide bonds. The van der Waals surface area contributed by atoms with Crippen molar-refractivity contribution in [3.63, 3.8) is 0 Å². The first kappa shape index (κ1) is 15.3. The van der Waals surface area contributed by atoms with Crippen molar-refractivity contribution in [3.8, 4) is 0 Å². The summed E-state index contributed by atoms with van der Waals surface area (Å²) in [6.45, 7) is 4.94. The Kier molecular flexibility index (Phi) is 4.08. The van der Waals surface area contributed by atoms with Crippen molar-refractivity contribution in [1.29, 1.82) is 0 Å². The van der Waals surface area contributed by atoms with Crippen molar-refractivity contribution in [3.05, 3.63) is 35.5 Å². The zero-order valence-electron chi connectivity index (χ0n) is 13.1. The second-order valence-electron chi connectivity index (χ2n) is 6.19. The fraction of sp³-hybridized carbons (Fsp3) is 0.471. The molecule has 0 saturated carbocycles. The van der Waals surface area contributed by atoms with Crippen LogP contribution in [0.5, 0.6) is 0 Å². The minimum atomic E-state index is -2.79. The van der Waals surface area contributed by atoms with Gasteiger partial charge in [0, 0.05) is 23.3 Å². The maximum atomic E-state index is 11.5. The molecule has 118 valence electrons. The largest absolute Gasteiger partial charge is 0.384 e. The smallest absolute Gasteiger partial charge is 0.150 e. The molecular weight excluding hydrogens is 296 g/mol. The number of fused-ring (bicyclic) bond motifs is 1.